The van der Waals surface area contributed by atoms with Crippen LogP contribution in [0.15, 0.2) is 17.0 Å². The van der Waals surface area contributed by atoms with Gasteiger partial charge < -0.3 is 4.90 Å². The van der Waals surface area contributed by atoms with E-state index >= 15 is 0 Å². The van der Waals surface area contributed by atoms with Crippen LogP contribution in [0.4, 0.5) is 0 Å². The average molecular weight is 284 g/mol. The summed E-state index contributed by atoms with van der Waals surface area (Å²) in [4.78, 5) is 13.7. The minimum absolute atomic E-state index is 0.0146. The Morgan fingerprint density at radius 2 is 1.89 bits per heavy atom. The van der Waals surface area contributed by atoms with Gasteiger partial charge in [-0.15, -0.1) is 0 Å². The van der Waals surface area contributed by atoms with Crippen LogP contribution in [-0.4, -0.2) is 32.8 Å². The first kappa shape index (κ1) is 15.7. The number of hydrogen-bond acceptors (Lipinski definition) is 3. The number of hydrogen-bond donors (Lipinski definition) is 1. The summed E-state index contributed by atoms with van der Waals surface area (Å²) in [6.45, 7) is 6.04. The van der Waals surface area contributed by atoms with Gasteiger partial charge in [-0.3, -0.25) is 4.79 Å². The highest BCUT2D eigenvalue weighted by Gasteiger charge is 2.19. The summed E-state index contributed by atoms with van der Waals surface area (Å²) in [5.74, 6) is -0.199. The summed E-state index contributed by atoms with van der Waals surface area (Å²) in [5, 5.41) is 5.18. The van der Waals surface area contributed by atoms with E-state index in [0.717, 1.165) is 12.0 Å². The van der Waals surface area contributed by atoms with Crippen LogP contribution in [-0.2, 0) is 10.0 Å². The highest BCUT2D eigenvalue weighted by Crippen LogP contribution is 2.20. The van der Waals surface area contributed by atoms with Crippen molar-refractivity contribution in [2.75, 3.05) is 13.6 Å². The monoisotopic (exact) mass is 284 g/mol. The first-order chi connectivity index (χ1) is 8.68. The summed E-state index contributed by atoms with van der Waals surface area (Å²) >= 11 is 0. The molecule has 0 fully saturated rings. The molecular formula is C13H20N2O3S. The predicted octanol–water partition coefficient (Wildman–Crippen LogP) is 1.43. The second-order valence-corrected chi connectivity index (χ2v) is 6.22. The largest absolute Gasteiger partial charge is 0.342 e. The molecule has 2 N–H and O–H groups in total. The van der Waals surface area contributed by atoms with E-state index < -0.39 is 10.0 Å². The molecule has 106 valence electrons. The number of primary sulfonamides is 1. The van der Waals surface area contributed by atoms with E-state index in [9.17, 15) is 13.2 Å². The van der Waals surface area contributed by atoms with Crippen molar-refractivity contribution in [3.63, 3.8) is 0 Å². The highest BCUT2D eigenvalue weighted by atomic mass is 32.2. The summed E-state index contributed by atoms with van der Waals surface area (Å²) in [7, 11) is -2.13. The summed E-state index contributed by atoms with van der Waals surface area (Å²) < 4.78 is 23.1. The first-order valence-electron chi connectivity index (χ1n) is 6.08. The molecule has 0 bridgehead atoms. The van der Waals surface area contributed by atoms with Gasteiger partial charge in [-0.25, -0.2) is 13.6 Å². The van der Waals surface area contributed by atoms with Gasteiger partial charge in [-0.05, 0) is 43.5 Å². The van der Waals surface area contributed by atoms with Crippen LogP contribution in [0, 0.1) is 13.8 Å². The predicted molar refractivity (Wildman–Crippen MR) is 74.5 cm³/mol. The molecule has 0 atom stereocenters. The average Bonchev–Trinajstić information content (AvgIpc) is 2.30. The molecule has 0 radical (unpaired) electrons. The topological polar surface area (TPSA) is 80.5 Å². The standard InChI is InChI=1S/C13H20N2O3S/c1-5-6-15(4)13(16)11-7-9(2)10(3)12(8-11)19(14,17)18/h7-8H,5-6H2,1-4H3,(H2,14,17,18). The molecule has 0 aliphatic carbocycles. The third-order valence-electron chi connectivity index (χ3n) is 3.08. The molecule has 0 unspecified atom stereocenters. The lowest BCUT2D eigenvalue weighted by Gasteiger charge is -2.17. The van der Waals surface area contributed by atoms with Crippen molar-refractivity contribution in [2.24, 2.45) is 5.14 Å². The van der Waals surface area contributed by atoms with Crippen molar-refractivity contribution < 1.29 is 13.2 Å². The number of nitrogens with zero attached hydrogens (tertiary/aromatic N) is 1. The van der Waals surface area contributed by atoms with Crippen LogP contribution in [0.2, 0.25) is 0 Å². The fourth-order valence-corrected chi connectivity index (χ4v) is 2.78. The molecule has 0 aliphatic rings. The van der Waals surface area contributed by atoms with E-state index in [1.54, 1.807) is 31.9 Å². The van der Waals surface area contributed by atoms with Crippen molar-refractivity contribution in [3.8, 4) is 0 Å². The van der Waals surface area contributed by atoms with Crippen molar-refractivity contribution in [2.45, 2.75) is 32.1 Å². The first-order valence-corrected chi connectivity index (χ1v) is 7.62. The van der Waals surface area contributed by atoms with Crippen LogP contribution in [0.3, 0.4) is 0 Å². The number of rotatable bonds is 4. The number of sulfonamides is 1. The van der Waals surface area contributed by atoms with Gasteiger partial charge in [0, 0.05) is 19.2 Å². The molecule has 1 amide bonds. The Morgan fingerprint density at radius 1 is 1.32 bits per heavy atom. The molecule has 0 aromatic heterocycles. The molecule has 6 heteroatoms. The van der Waals surface area contributed by atoms with Crippen molar-refractivity contribution in [1.82, 2.24) is 4.90 Å². The zero-order chi connectivity index (χ0) is 14.8. The van der Waals surface area contributed by atoms with Gasteiger partial charge in [0.15, 0.2) is 0 Å². The van der Waals surface area contributed by atoms with Crippen molar-refractivity contribution in [1.29, 1.82) is 0 Å². The van der Waals surface area contributed by atoms with Crippen LogP contribution in [0.1, 0.15) is 34.8 Å². The second kappa shape index (κ2) is 5.71. The van der Waals surface area contributed by atoms with E-state index in [-0.39, 0.29) is 10.8 Å². The quantitative estimate of drug-likeness (QED) is 0.908. The lowest BCUT2D eigenvalue weighted by Crippen LogP contribution is -2.28. The minimum atomic E-state index is -3.82. The lowest BCUT2D eigenvalue weighted by molar-refractivity contribution is 0.0795. The van der Waals surface area contributed by atoms with Gasteiger partial charge >= 0.3 is 0 Å². The zero-order valence-corrected chi connectivity index (χ0v) is 12.5. The summed E-state index contributed by atoms with van der Waals surface area (Å²) in [6, 6.07) is 3.05. The van der Waals surface area contributed by atoms with E-state index in [0.29, 0.717) is 17.7 Å². The number of nitrogens with two attached hydrogens (primary N) is 1. The van der Waals surface area contributed by atoms with Crippen molar-refractivity contribution >= 4 is 15.9 Å². The Balaban J connectivity index is 3.33. The second-order valence-electron chi connectivity index (χ2n) is 4.69. The molecule has 19 heavy (non-hydrogen) atoms. The number of amides is 1. The Bertz CT molecular complexity index is 594. The molecule has 1 aromatic carbocycles. The third kappa shape index (κ3) is 3.54. The molecule has 1 aromatic rings. The smallest absolute Gasteiger partial charge is 0.253 e. The molecule has 1 rings (SSSR count). The maximum Gasteiger partial charge on any atom is 0.253 e. The molecule has 0 saturated carbocycles. The minimum Gasteiger partial charge on any atom is -0.342 e. The lowest BCUT2D eigenvalue weighted by atomic mass is 10.1. The van der Waals surface area contributed by atoms with E-state index in [2.05, 4.69) is 0 Å². The van der Waals surface area contributed by atoms with Gasteiger partial charge in [0.2, 0.25) is 10.0 Å². The summed E-state index contributed by atoms with van der Waals surface area (Å²) in [5.41, 5.74) is 1.67. The van der Waals surface area contributed by atoms with Crippen molar-refractivity contribution in [3.05, 3.63) is 28.8 Å². The molecule has 0 heterocycles. The molecule has 0 spiro atoms. The zero-order valence-electron chi connectivity index (χ0n) is 11.7. The molecule has 0 aliphatic heterocycles. The normalized spacial score (nSPS) is 11.4. The van der Waals surface area contributed by atoms with Crippen LogP contribution >= 0.6 is 0 Å². The fourth-order valence-electron chi connectivity index (χ4n) is 1.90. The SMILES string of the molecule is CCCN(C)C(=O)c1cc(C)c(C)c(S(N)(=O)=O)c1. The van der Waals surface area contributed by atoms with E-state index in [1.807, 2.05) is 6.92 Å². The van der Waals surface area contributed by atoms with Gasteiger partial charge in [0.1, 0.15) is 0 Å². The number of aryl methyl sites for hydroxylation is 1. The Morgan fingerprint density at radius 3 is 2.37 bits per heavy atom. The van der Waals surface area contributed by atoms with Crippen LogP contribution < -0.4 is 5.14 Å². The molecule has 5 nitrogen and oxygen atoms in total. The van der Waals surface area contributed by atoms with E-state index in [4.69, 9.17) is 5.14 Å². The Kier molecular flexibility index (Phi) is 4.70. The maximum absolute atomic E-state index is 12.2. The Labute approximate surface area is 114 Å². The van der Waals surface area contributed by atoms with Gasteiger partial charge in [-0.2, -0.15) is 0 Å². The van der Waals surface area contributed by atoms with Gasteiger partial charge in [0.25, 0.3) is 5.91 Å². The number of carbonyl (C=O) groups is 1. The van der Waals surface area contributed by atoms with Gasteiger partial charge in [-0.1, -0.05) is 6.92 Å². The Hall–Kier alpha value is -1.40. The van der Waals surface area contributed by atoms with Gasteiger partial charge in [0.05, 0.1) is 4.90 Å². The van der Waals surface area contributed by atoms with Crippen LogP contribution in [0.25, 0.3) is 0 Å². The van der Waals surface area contributed by atoms with Crippen LogP contribution in [0.5, 0.6) is 0 Å². The molecular weight excluding hydrogens is 264 g/mol. The maximum atomic E-state index is 12.2. The highest BCUT2D eigenvalue weighted by molar-refractivity contribution is 7.89. The van der Waals surface area contributed by atoms with E-state index in [1.165, 1.54) is 6.07 Å². The fraction of sp³-hybridized carbons (Fsp3) is 0.462. The third-order valence-corrected chi connectivity index (χ3v) is 4.12. The summed E-state index contributed by atoms with van der Waals surface area (Å²) in [6.07, 6.45) is 0.842. The number of benzene rings is 1. The number of carbonyl (C=O) groups excluding carboxylic acids is 1. The molecule has 0 saturated heterocycles.